The van der Waals surface area contributed by atoms with Crippen LogP contribution in [-0.2, 0) is 26.2 Å². The second kappa shape index (κ2) is 12.8. The lowest BCUT2D eigenvalue weighted by Crippen LogP contribution is -2.52. The highest BCUT2D eigenvalue weighted by Crippen LogP contribution is 2.29. The number of rotatable bonds is 11. The molecule has 2 aromatic rings. The number of carbonyl (C=O) groups is 2. The van der Waals surface area contributed by atoms with Gasteiger partial charge in [0, 0.05) is 18.1 Å². The standard InChI is InChI=1S/C24H30Cl3N3O4S/c1-5-12-28-24(32)21(6-2)29(14-17-10-11-19(26)20(27)13-17)23(31)15-30(35(4,33)34)22-9-7-8-18(25)16(22)3/h7-11,13,21H,5-6,12,14-15H2,1-4H3,(H,28,32)/t21-/m1/s1. The molecule has 0 saturated carbocycles. The van der Waals surface area contributed by atoms with E-state index in [-0.39, 0.29) is 12.5 Å². The molecule has 2 amide bonds. The number of sulfonamides is 1. The van der Waals surface area contributed by atoms with E-state index in [1.807, 2.05) is 6.92 Å². The Labute approximate surface area is 222 Å². The Kier molecular flexibility index (Phi) is 10.7. The van der Waals surface area contributed by atoms with Crippen LogP contribution in [0.25, 0.3) is 0 Å². The first-order valence-electron chi connectivity index (χ1n) is 11.1. The molecule has 0 fully saturated rings. The third-order valence-corrected chi connectivity index (χ3v) is 7.73. The molecular formula is C24H30Cl3N3O4S. The number of carbonyl (C=O) groups excluding carboxylic acids is 2. The third kappa shape index (κ3) is 7.74. The average Bonchev–Trinajstić information content (AvgIpc) is 2.79. The van der Waals surface area contributed by atoms with Gasteiger partial charge in [-0.2, -0.15) is 0 Å². The van der Waals surface area contributed by atoms with E-state index in [1.165, 1.54) is 4.90 Å². The second-order valence-electron chi connectivity index (χ2n) is 8.14. The molecule has 0 radical (unpaired) electrons. The van der Waals surface area contributed by atoms with Crippen molar-refractivity contribution in [2.24, 2.45) is 0 Å². The number of nitrogens with one attached hydrogen (secondary N) is 1. The van der Waals surface area contributed by atoms with Gasteiger partial charge < -0.3 is 10.2 Å². The molecule has 2 aromatic carbocycles. The van der Waals surface area contributed by atoms with Crippen molar-refractivity contribution in [1.29, 1.82) is 0 Å². The first-order valence-corrected chi connectivity index (χ1v) is 14.1. The molecule has 192 valence electrons. The Morgan fingerprint density at radius 1 is 1.03 bits per heavy atom. The summed E-state index contributed by atoms with van der Waals surface area (Å²) in [6, 6.07) is 8.97. The first-order chi connectivity index (χ1) is 16.4. The first kappa shape index (κ1) is 29.2. The summed E-state index contributed by atoms with van der Waals surface area (Å²) in [5.41, 5.74) is 1.47. The van der Waals surface area contributed by atoms with Crippen LogP contribution in [0.1, 0.15) is 37.8 Å². The van der Waals surface area contributed by atoms with Crippen molar-refractivity contribution in [3.63, 3.8) is 0 Å². The van der Waals surface area contributed by atoms with Crippen molar-refractivity contribution < 1.29 is 18.0 Å². The van der Waals surface area contributed by atoms with Crippen molar-refractivity contribution in [2.75, 3.05) is 23.7 Å². The smallest absolute Gasteiger partial charge is 0.244 e. The minimum Gasteiger partial charge on any atom is -0.354 e. The summed E-state index contributed by atoms with van der Waals surface area (Å²) in [4.78, 5) is 28.0. The summed E-state index contributed by atoms with van der Waals surface area (Å²) < 4.78 is 26.4. The van der Waals surface area contributed by atoms with Gasteiger partial charge in [0.15, 0.2) is 0 Å². The Hall–Kier alpha value is -2.00. The zero-order valence-corrected chi connectivity index (χ0v) is 23.2. The molecule has 0 saturated heterocycles. The van der Waals surface area contributed by atoms with Crippen LogP contribution in [-0.4, -0.2) is 50.5 Å². The predicted molar refractivity (Wildman–Crippen MR) is 143 cm³/mol. The summed E-state index contributed by atoms with van der Waals surface area (Å²) in [6.45, 7) is 5.40. The molecule has 0 aliphatic carbocycles. The van der Waals surface area contributed by atoms with Crippen LogP contribution >= 0.6 is 34.8 Å². The molecule has 0 heterocycles. The van der Waals surface area contributed by atoms with Gasteiger partial charge in [0.05, 0.1) is 22.0 Å². The van der Waals surface area contributed by atoms with Gasteiger partial charge in [0.25, 0.3) is 0 Å². The summed E-state index contributed by atoms with van der Waals surface area (Å²) in [5, 5.41) is 3.88. The highest BCUT2D eigenvalue weighted by molar-refractivity contribution is 7.92. The molecule has 2 rings (SSSR count). The largest absolute Gasteiger partial charge is 0.354 e. The van der Waals surface area contributed by atoms with Crippen molar-refractivity contribution in [1.82, 2.24) is 10.2 Å². The van der Waals surface area contributed by atoms with Gasteiger partial charge in [-0.15, -0.1) is 0 Å². The van der Waals surface area contributed by atoms with Gasteiger partial charge in [0.1, 0.15) is 12.6 Å². The minimum atomic E-state index is -3.85. The number of hydrogen-bond donors (Lipinski definition) is 1. The molecule has 0 spiro atoms. The van der Waals surface area contributed by atoms with E-state index < -0.39 is 28.5 Å². The number of hydrogen-bond acceptors (Lipinski definition) is 4. The van der Waals surface area contributed by atoms with Crippen molar-refractivity contribution in [3.8, 4) is 0 Å². The van der Waals surface area contributed by atoms with E-state index in [0.717, 1.165) is 17.0 Å². The van der Waals surface area contributed by atoms with E-state index in [9.17, 15) is 18.0 Å². The lowest BCUT2D eigenvalue weighted by atomic mass is 10.1. The second-order valence-corrected chi connectivity index (χ2v) is 11.3. The number of anilines is 1. The van der Waals surface area contributed by atoms with E-state index in [1.54, 1.807) is 50.2 Å². The zero-order valence-electron chi connectivity index (χ0n) is 20.1. The molecule has 35 heavy (non-hydrogen) atoms. The van der Waals surface area contributed by atoms with Crippen LogP contribution in [0, 0.1) is 6.92 Å². The van der Waals surface area contributed by atoms with Crippen LogP contribution in [0.15, 0.2) is 36.4 Å². The molecule has 0 unspecified atom stereocenters. The highest BCUT2D eigenvalue weighted by atomic mass is 35.5. The molecule has 0 aliphatic heterocycles. The molecule has 0 bridgehead atoms. The normalized spacial score (nSPS) is 12.2. The number of benzene rings is 2. The quantitative estimate of drug-likeness (QED) is 0.415. The molecular weight excluding hydrogens is 533 g/mol. The van der Waals surface area contributed by atoms with Crippen molar-refractivity contribution >= 4 is 62.3 Å². The maximum Gasteiger partial charge on any atom is 0.244 e. The molecule has 1 atom stereocenters. The van der Waals surface area contributed by atoms with Crippen LogP contribution in [0.5, 0.6) is 0 Å². The fourth-order valence-corrected chi connectivity index (χ4v) is 4.97. The molecule has 7 nitrogen and oxygen atoms in total. The maximum atomic E-state index is 13.7. The SMILES string of the molecule is CCCNC(=O)[C@@H](CC)N(Cc1ccc(Cl)c(Cl)c1)C(=O)CN(c1cccc(Cl)c1C)S(C)(=O)=O. The predicted octanol–water partition coefficient (Wildman–Crippen LogP) is 5.05. The lowest BCUT2D eigenvalue weighted by molar-refractivity contribution is -0.140. The Bertz CT molecular complexity index is 1170. The maximum absolute atomic E-state index is 13.7. The number of nitrogens with zero attached hydrogens (tertiary/aromatic N) is 2. The lowest BCUT2D eigenvalue weighted by Gasteiger charge is -2.33. The van der Waals surface area contributed by atoms with Gasteiger partial charge in [-0.1, -0.05) is 60.8 Å². The summed E-state index contributed by atoms with van der Waals surface area (Å²) in [6.07, 6.45) is 2.09. The monoisotopic (exact) mass is 561 g/mol. The van der Waals surface area contributed by atoms with Gasteiger partial charge in [-0.05, 0) is 55.2 Å². The van der Waals surface area contributed by atoms with E-state index in [2.05, 4.69) is 5.32 Å². The van der Waals surface area contributed by atoms with Crippen LogP contribution in [0.3, 0.4) is 0 Å². The molecule has 1 N–H and O–H groups in total. The van der Waals surface area contributed by atoms with Gasteiger partial charge in [0.2, 0.25) is 21.8 Å². The number of amides is 2. The van der Waals surface area contributed by atoms with E-state index in [4.69, 9.17) is 34.8 Å². The van der Waals surface area contributed by atoms with Crippen LogP contribution in [0.2, 0.25) is 15.1 Å². The Balaban J connectivity index is 2.49. The van der Waals surface area contributed by atoms with E-state index >= 15 is 0 Å². The van der Waals surface area contributed by atoms with Crippen molar-refractivity contribution in [3.05, 3.63) is 62.6 Å². The highest BCUT2D eigenvalue weighted by Gasteiger charge is 2.32. The Morgan fingerprint density at radius 2 is 1.71 bits per heavy atom. The number of halogens is 3. The molecule has 0 aromatic heterocycles. The fourth-order valence-electron chi connectivity index (χ4n) is 3.58. The fraction of sp³-hybridized carbons (Fsp3) is 0.417. The Morgan fingerprint density at radius 3 is 2.29 bits per heavy atom. The zero-order chi connectivity index (χ0) is 26.3. The average molecular weight is 563 g/mol. The summed E-state index contributed by atoms with van der Waals surface area (Å²) in [5.74, 6) is -0.855. The van der Waals surface area contributed by atoms with Crippen LogP contribution < -0.4 is 9.62 Å². The van der Waals surface area contributed by atoms with Gasteiger partial charge >= 0.3 is 0 Å². The summed E-state index contributed by atoms with van der Waals surface area (Å²) in [7, 11) is -3.85. The molecule has 11 heteroatoms. The topological polar surface area (TPSA) is 86.8 Å². The van der Waals surface area contributed by atoms with Crippen LogP contribution in [0.4, 0.5) is 5.69 Å². The minimum absolute atomic E-state index is 0.0416. The van der Waals surface area contributed by atoms with Gasteiger partial charge in [-0.3, -0.25) is 13.9 Å². The van der Waals surface area contributed by atoms with Crippen molar-refractivity contribution in [2.45, 2.75) is 46.2 Å². The van der Waals surface area contributed by atoms with Gasteiger partial charge in [-0.25, -0.2) is 8.42 Å². The van der Waals surface area contributed by atoms with E-state index in [0.29, 0.717) is 44.8 Å². The third-order valence-electron chi connectivity index (χ3n) is 5.46. The summed E-state index contributed by atoms with van der Waals surface area (Å²) >= 11 is 18.4. The molecule has 0 aliphatic rings.